The summed E-state index contributed by atoms with van der Waals surface area (Å²) in [5.41, 5.74) is 3.31. The average Bonchev–Trinajstić information content (AvgIpc) is 2.78. The van der Waals surface area contributed by atoms with Crippen molar-refractivity contribution in [2.45, 2.75) is 33.2 Å². The van der Waals surface area contributed by atoms with Gasteiger partial charge in [0, 0.05) is 17.1 Å². The Morgan fingerprint density at radius 1 is 1.09 bits per heavy atom. The van der Waals surface area contributed by atoms with Crippen molar-refractivity contribution in [1.82, 2.24) is 4.98 Å². The summed E-state index contributed by atoms with van der Waals surface area (Å²) in [6, 6.07) is 18.4. The highest BCUT2D eigenvalue weighted by atomic mass is 35.5. The molecule has 1 amide bonds. The summed E-state index contributed by atoms with van der Waals surface area (Å²) in [7, 11) is 0. The van der Waals surface area contributed by atoms with Crippen molar-refractivity contribution in [2.75, 3.05) is 4.90 Å². The summed E-state index contributed by atoms with van der Waals surface area (Å²) in [5, 5.41) is 19.3. The smallest absolute Gasteiger partial charge is 0.266 e. The number of anilines is 1. The van der Waals surface area contributed by atoms with Gasteiger partial charge in [0.25, 0.3) is 5.56 Å². The minimum absolute atomic E-state index is 0.0563. The first-order chi connectivity index (χ1) is 15.3. The molecule has 7 heteroatoms. The van der Waals surface area contributed by atoms with Crippen LogP contribution in [0.25, 0.3) is 0 Å². The fraction of sp³-hybridized carbons (Fsp3) is 0.200. The van der Waals surface area contributed by atoms with E-state index in [1.165, 1.54) is 0 Å². The molecule has 0 bridgehead atoms. The van der Waals surface area contributed by atoms with E-state index in [1.807, 2.05) is 36.4 Å². The van der Waals surface area contributed by atoms with Crippen molar-refractivity contribution in [3.05, 3.63) is 97.4 Å². The monoisotopic (exact) mass is 444 g/mol. The Hall–Kier alpha value is -3.87. The van der Waals surface area contributed by atoms with Crippen LogP contribution in [0.1, 0.15) is 39.9 Å². The van der Waals surface area contributed by atoms with Crippen molar-refractivity contribution in [2.24, 2.45) is 0 Å². The third-order valence-corrected chi connectivity index (χ3v) is 5.60. The molecule has 0 aliphatic rings. The molecule has 0 spiro atoms. The normalized spacial score (nSPS) is 10.3. The van der Waals surface area contributed by atoms with Crippen LogP contribution in [-0.4, -0.2) is 10.9 Å². The second kappa shape index (κ2) is 9.96. The number of pyridine rings is 1. The number of carbonyl (C=O) groups excluding carboxylic acids is 1. The third kappa shape index (κ3) is 4.88. The van der Waals surface area contributed by atoms with Gasteiger partial charge in [0.15, 0.2) is 0 Å². The van der Waals surface area contributed by atoms with E-state index < -0.39 is 5.56 Å². The topological polar surface area (TPSA) is 101 Å². The molecule has 0 saturated heterocycles. The van der Waals surface area contributed by atoms with Gasteiger partial charge in [-0.25, -0.2) is 0 Å². The summed E-state index contributed by atoms with van der Waals surface area (Å²) in [6.07, 6.45) is 0.471. The maximum Gasteiger partial charge on any atom is 0.266 e. The number of hydrogen-bond donors (Lipinski definition) is 1. The van der Waals surface area contributed by atoms with Crippen LogP contribution in [0, 0.1) is 36.5 Å². The van der Waals surface area contributed by atoms with E-state index in [0.29, 0.717) is 34.0 Å². The van der Waals surface area contributed by atoms with Crippen LogP contribution in [0.3, 0.4) is 0 Å². The Balaban J connectivity index is 1.96. The van der Waals surface area contributed by atoms with Gasteiger partial charge in [0.05, 0.1) is 17.8 Å². The molecule has 1 N–H and O–H groups in total. The van der Waals surface area contributed by atoms with Crippen LogP contribution in [0.5, 0.6) is 0 Å². The molecule has 0 saturated carbocycles. The number of aromatic amines is 1. The number of hydrogen-bond acceptors (Lipinski definition) is 4. The number of aromatic nitrogens is 1. The molecule has 160 valence electrons. The van der Waals surface area contributed by atoms with Crippen molar-refractivity contribution >= 4 is 23.2 Å². The van der Waals surface area contributed by atoms with Crippen molar-refractivity contribution < 1.29 is 4.79 Å². The Labute approximate surface area is 191 Å². The van der Waals surface area contributed by atoms with E-state index >= 15 is 0 Å². The minimum Gasteiger partial charge on any atom is -0.325 e. The molecule has 0 fully saturated rings. The average molecular weight is 445 g/mol. The van der Waals surface area contributed by atoms with E-state index in [4.69, 9.17) is 11.6 Å². The van der Waals surface area contributed by atoms with Crippen molar-refractivity contribution in [3.63, 3.8) is 0 Å². The molecule has 3 rings (SSSR count). The lowest BCUT2D eigenvalue weighted by atomic mass is 9.98. The number of carbonyl (C=O) groups is 1. The van der Waals surface area contributed by atoms with Crippen LogP contribution in [0.15, 0.2) is 53.3 Å². The Morgan fingerprint density at radius 2 is 1.81 bits per heavy atom. The maximum atomic E-state index is 13.4. The summed E-state index contributed by atoms with van der Waals surface area (Å²) in [4.78, 5) is 29.6. The first-order valence-electron chi connectivity index (χ1n) is 10.0. The number of H-pyrrole nitrogens is 1. The van der Waals surface area contributed by atoms with E-state index in [-0.39, 0.29) is 24.4 Å². The predicted octanol–water partition coefficient (Wildman–Crippen LogP) is 4.55. The van der Waals surface area contributed by atoms with E-state index in [1.54, 1.807) is 36.9 Å². The fourth-order valence-corrected chi connectivity index (χ4v) is 3.85. The van der Waals surface area contributed by atoms with E-state index in [0.717, 1.165) is 11.1 Å². The maximum absolute atomic E-state index is 13.4. The van der Waals surface area contributed by atoms with Crippen LogP contribution in [-0.2, 0) is 17.8 Å². The first kappa shape index (κ1) is 22.8. The van der Waals surface area contributed by atoms with Crippen molar-refractivity contribution in [3.8, 4) is 12.1 Å². The molecule has 0 unspecified atom stereocenters. The highest BCUT2D eigenvalue weighted by molar-refractivity contribution is 6.31. The zero-order valence-electron chi connectivity index (χ0n) is 17.8. The van der Waals surface area contributed by atoms with Gasteiger partial charge in [-0.1, -0.05) is 41.9 Å². The number of rotatable bonds is 6. The second-order valence-electron chi connectivity index (χ2n) is 7.41. The number of halogens is 1. The summed E-state index contributed by atoms with van der Waals surface area (Å²) in [5.74, 6) is -0.198. The molecule has 6 nitrogen and oxygen atoms in total. The second-order valence-corrected chi connectivity index (χ2v) is 7.84. The molecule has 1 aromatic heterocycles. The third-order valence-electron chi connectivity index (χ3n) is 5.36. The fourth-order valence-electron chi connectivity index (χ4n) is 3.68. The largest absolute Gasteiger partial charge is 0.325 e. The molecule has 0 aliphatic heterocycles. The molecule has 1 heterocycles. The SMILES string of the molecule is Cc1[nH]c(=O)c(C#N)c(C)c1CCC(=O)N(Cc1ccccc1)c1cc(Cl)ccc1C#N. The highest BCUT2D eigenvalue weighted by Gasteiger charge is 2.21. The summed E-state index contributed by atoms with van der Waals surface area (Å²) < 4.78 is 0. The van der Waals surface area contributed by atoms with Crippen LogP contribution in [0.2, 0.25) is 5.02 Å². The molecule has 32 heavy (non-hydrogen) atoms. The standard InChI is InChI=1S/C25H21ClN4O2/c1-16-21(17(2)29-25(32)22(16)14-28)10-11-24(31)30(15-18-6-4-3-5-7-18)23-12-20(26)9-8-19(23)13-27/h3-9,12H,10-11,15H2,1-2H3,(H,29,32). The lowest BCUT2D eigenvalue weighted by Gasteiger charge is -2.25. The molecule has 2 aromatic carbocycles. The lowest BCUT2D eigenvalue weighted by molar-refractivity contribution is -0.118. The number of aryl methyl sites for hydroxylation is 1. The van der Waals surface area contributed by atoms with Gasteiger partial charge in [-0.2, -0.15) is 10.5 Å². The molecular weight excluding hydrogens is 424 g/mol. The lowest BCUT2D eigenvalue weighted by Crippen LogP contribution is -2.31. The summed E-state index contributed by atoms with van der Waals surface area (Å²) >= 11 is 6.18. The molecule has 0 atom stereocenters. The quantitative estimate of drug-likeness (QED) is 0.602. The number of nitrogens with one attached hydrogen (secondary N) is 1. The van der Waals surface area contributed by atoms with Gasteiger partial charge < -0.3 is 9.88 Å². The Kier molecular flexibility index (Phi) is 7.10. The zero-order chi connectivity index (χ0) is 23.3. The van der Waals surface area contributed by atoms with Gasteiger partial charge >= 0.3 is 0 Å². The summed E-state index contributed by atoms with van der Waals surface area (Å²) in [6.45, 7) is 3.75. The van der Waals surface area contributed by atoms with E-state index in [2.05, 4.69) is 11.1 Å². The van der Waals surface area contributed by atoms with E-state index in [9.17, 15) is 20.1 Å². The van der Waals surface area contributed by atoms with Crippen LogP contribution < -0.4 is 10.5 Å². The zero-order valence-corrected chi connectivity index (χ0v) is 18.5. The van der Waals surface area contributed by atoms with Crippen LogP contribution >= 0.6 is 11.6 Å². The first-order valence-corrected chi connectivity index (χ1v) is 10.4. The predicted molar refractivity (Wildman–Crippen MR) is 123 cm³/mol. The molecular formula is C25H21ClN4O2. The van der Waals surface area contributed by atoms with Crippen LogP contribution in [0.4, 0.5) is 5.69 Å². The Morgan fingerprint density at radius 3 is 2.47 bits per heavy atom. The number of benzene rings is 2. The molecule has 0 radical (unpaired) electrons. The van der Waals surface area contributed by atoms with Gasteiger partial charge in [0.1, 0.15) is 17.7 Å². The molecule has 3 aromatic rings. The van der Waals surface area contributed by atoms with Gasteiger partial charge in [-0.05, 0) is 55.2 Å². The van der Waals surface area contributed by atoms with Gasteiger partial charge in [-0.3, -0.25) is 9.59 Å². The van der Waals surface area contributed by atoms with Crippen molar-refractivity contribution in [1.29, 1.82) is 10.5 Å². The highest BCUT2D eigenvalue weighted by Crippen LogP contribution is 2.27. The Bertz CT molecular complexity index is 1300. The minimum atomic E-state index is -0.430. The number of nitriles is 2. The number of nitrogens with zero attached hydrogens (tertiary/aromatic N) is 3. The van der Waals surface area contributed by atoms with Gasteiger partial charge in [0.2, 0.25) is 5.91 Å². The number of amides is 1. The van der Waals surface area contributed by atoms with Gasteiger partial charge in [-0.15, -0.1) is 0 Å². The molecule has 0 aliphatic carbocycles.